The van der Waals surface area contributed by atoms with E-state index in [0.717, 1.165) is 5.56 Å². The summed E-state index contributed by atoms with van der Waals surface area (Å²) in [4.78, 5) is 17.0. The van der Waals surface area contributed by atoms with Gasteiger partial charge in [0.15, 0.2) is 6.10 Å². The summed E-state index contributed by atoms with van der Waals surface area (Å²) in [6, 6.07) is 21.2. The molecule has 1 amide bonds. The molecule has 1 heterocycles. The summed E-state index contributed by atoms with van der Waals surface area (Å²) < 4.78 is 5.43. The molecule has 2 N–H and O–H groups in total. The van der Waals surface area contributed by atoms with E-state index in [1.54, 1.807) is 37.6 Å². The zero-order chi connectivity index (χ0) is 18.4. The zero-order valence-corrected chi connectivity index (χ0v) is 14.4. The molecular formula is C21H20N2O3. The smallest absolute Gasteiger partial charge is 0.254 e. The van der Waals surface area contributed by atoms with E-state index in [2.05, 4.69) is 10.3 Å². The molecule has 0 saturated heterocycles. The van der Waals surface area contributed by atoms with Crippen molar-refractivity contribution in [3.63, 3.8) is 0 Å². The van der Waals surface area contributed by atoms with Gasteiger partial charge in [0.25, 0.3) is 5.91 Å². The lowest BCUT2D eigenvalue weighted by Gasteiger charge is -2.22. The molecule has 3 aromatic rings. The van der Waals surface area contributed by atoms with Gasteiger partial charge in [-0.3, -0.25) is 9.78 Å². The fraction of sp³-hybridized carbons (Fsp3) is 0.143. The number of nitrogens with one attached hydrogen (secondary N) is 1. The van der Waals surface area contributed by atoms with E-state index in [4.69, 9.17) is 4.74 Å². The Balaban J connectivity index is 1.93. The van der Waals surface area contributed by atoms with Crippen molar-refractivity contribution in [3.05, 3.63) is 95.8 Å². The van der Waals surface area contributed by atoms with Crippen molar-refractivity contribution in [2.45, 2.75) is 12.1 Å². The monoisotopic (exact) mass is 348 g/mol. The Labute approximate surface area is 152 Å². The minimum absolute atomic E-state index is 0.502. The lowest BCUT2D eigenvalue weighted by molar-refractivity contribution is -0.130. The SMILES string of the molecule is COc1ccccc1C(NC(=O)C(O)c1ccccc1)c1ccccn1. The average Bonchev–Trinajstić information content (AvgIpc) is 2.72. The Hall–Kier alpha value is -3.18. The molecule has 1 aromatic heterocycles. The third kappa shape index (κ3) is 3.90. The van der Waals surface area contributed by atoms with Crippen molar-refractivity contribution in [2.24, 2.45) is 0 Å². The van der Waals surface area contributed by atoms with E-state index in [-0.39, 0.29) is 0 Å². The summed E-state index contributed by atoms with van der Waals surface area (Å²) in [7, 11) is 1.58. The topological polar surface area (TPSA) is 71.5 Å². The molecular weight excluding hydrogens is 328 g/mol. The third-order valence-corrected chi connectivity index (χ3v) is 4.08. The van der Waals surface area contributed by atoms with E-state index >= 15 is 0 Å². The molecule has 0 saturated carbocycles. The number of carbonyl (C=O) groups is 1. The van der Waals surface area contributed by atoms with Crippen LogP contribution in [0.25, 0.3) is 0 Å². The standard InChI is InChI=1S/C21H20N2O3/c1-26-18-13-6-5-11-16(18)19(17-12-7-8-14-22-17)23-21(25)20(24)15-9-3-2-4-10-15/h2-14,19-20,24H,1H3,(H,23,25). The molecule has 0 spiro atoms. The summed E-state index contributed by atoms with van der Waals surface area (Å²) in [6.45, 7) is 0. The van der Waals surface area contributed by atoms with Crippen LogP contribution in [0.15, 0.2) is 79.0 Å². The number of nitrogens with zero attached hydrogens (tertiary/aromatic N) is 1. The third-order valence-electron chi connectivity index (χ3n) is 4.08. The second-order valence-corrected chi connectivity index (χ2v) is 5.75. The van der Waals surface area contributed by atoms with Crippen molar-refractivity contribution in [3.8, 4) is 5.75 Å². The van der Waals surface area contributed by atoms with Crippen molar-refractivity contribution in [1.29, 1.82) is 0 Å². The molecule has 2 unspecified atom stereocenters. The second-order valence-electron chi connectivity index (χ2n) is 5.75. The predicted molar refractivity (Wildman–Crippen MR) is 98.6 cm³/mol. The first kappa shape index (κ1) is 17.6. The van der Waals surface area contributed by atoms with E-state index < -0.39 is 18.1 Å². The maximum absolute atomic E-state index is 12.7. The number of carbonyl (C=O) groups excluding carboxylic acids is 1. The Morgan fingerprint density at radius 3 is 2.38 bits per heavy atom. The molecule has 132 valence electrons. The van der Waals surface area contributed by atoms with Crippen LogP contribution in [0.4, 0.5) is 0 Å². The maximum atomic E-state index is 12.7. The normalized spacial score (nSPS) is 12.8. The van der Waals surface area contributed by atoms with Crippen molar-refractivity contribution < 1.29 is 14.6 Å². The zero-order valence-electron chi connectivity index (χ0n) is 14.4. The predicted octanol–water partition coefficient (Wildman–Crippen LogP) is 3.03. The Morgan fingerprint density at radius 2 is 1.69 bits per heavy atom. The number of methoxy groups -OCH3 is 1. The first-order valence-corrected chi connectivity index (χ1v) is 8.28. The van der Waals surface area contributed by atoms with Crippen LogP contribution in [-0.2, 0) is 4.79 Å². The highest BCUT2D eigenvalue weighted by molar-refractivity contribution is 5.82. The Kier molecular flexibility index (Phi) is 5.61. The lowest BCUT2D eigenvalue weighted by Crippen LogP contribution is -2.34. The molecule has 0 aliphatic rings. The van der Waals surface area contributed by atoms with Gasteiger partial charge in [0.1, 0.15) is 11.8 Å². The molecule has 2 atom stereocenters. The summed E-state index contributed by atoms with van der Waals surface area (Å²) in [5.41, 5.74) is 1.96. The molecule has 3 rings (SSSR count). The van der Waals surface area contributed by atoms with Gasteiger partial charge in [0.2, 0.25) is 0 Å². The fourth-order valence-electron chi connectivity index (χ4n) is 2.77. The van der Waals surface area contributed by atoms with Gasteiger partial charge in [-0.1, -0.05) is 54.6 Å². The van der Waals surface area contributed by atoms with Crippen molar-refractivity contribution >= 4 is 5.91 Å². The van der Waals surface area contributed by atoms with Crippen LogP contribution in [-0.4, -0.2) is 23.1 Å². The maximum Gasteiger partial charge on any atom is 0.254 e. The number of aliphatic hydroxyl groups excluding tert-OH is 1. The molecule has 5 heteroatoms. The minimum atomic E-state index is -1.27. The van der Waals surface area contributed by atoms with Gasteiger partial charge < -0.3 is 15.2 Å². The second kappa shape index (κ2) is 8.27. The van der Waals surface area contributed by atoms with Crippen LogP contribution in [0.1, 0.15) is 29.0 Å². The van der Waals surface area contributed by atoms with Crippen LogP contribution < -0.4 is 10.1 Å². The van der Waals surface area contributed by atoms with E-state index in [1.807, 2.05) is 48.5 Å². The lowest BCUT2D eigenvalue weighted by atomic mass is 10.0. The van der Waals surface area contributed by atoms with Gasteiger partial charge in [0.05, 0.1) is 12.8 Å². The van der Waals surface area contributed by atoms with E-state index in [0.29, 0.717) is 17.0 Å². The van der Waals surface area contributed by atoms with Crippen LogP contribution in [0.2, 0.25) is 0 Å². The summed E-state index contributed by atoms with van der Waals surface area (Å²) in [5.74, 6) is 0.135. The number of aromatic nitrogens is 1. The van der Waals surface area contributed by atoms with Crippen molar-refractivity contribution in [2.75, 3.05) is 7.11 Å². The number of amides is 1. The van der Waals surface area contributed by atoms with Gasteiger partial charge in [-0.25, -0.2) is 0 Å². The number of pyridine rings is 1. The number of hydrogen-bond acceptors (Lipinski definition) is 4. The largest absolute Gasteiger partial charge is 0.496 e. The summed E-state index contributed by atoms with van der Waals surface area (Å²) in [5, 5.41) is 13.3. The number of aliphatic hydroxyl groups is 1. The number of para-hydroxylation sites is 1. The number of hydrogen-bond donors (Lipinski definition) is 2. The molecule has 0 radical (unpaired) electrons. The highest BCUT2D eigenvalue weighted by Gasteiger charge is 2.25. The quantitative estimate of drug-likeness (QED) is 0.718. The highest BCUT2D eigenvalue weighted by atomic mass is 16.5. The van der Waals surface area contributed by atoms with Gasteiger partial charge in [-0.15, -0.1) is 0 Å². The number of ether oxygens (including phenoxy) is 1. The fourth-order valence-corrected chi connectivity index (χ4v) is 2.77. The van der Waals surface area contributed by atoms with Gasteiger partial charge in [-0.05, 0) is 23.8 Å². The number of benzene rings is 2. The molecule has 0 fully saturated rings. The molecule has 26 heavy (non-hydrogen) atoms. The van der Waals surface area contributed by atoms with Gasteiger partial charge in [-0.2, -0.15) is 0 Å². The molecule has 0 aliphatic carbocycles. The number of rotatable bonds is 6. The molecule has 0 aliphatic heterocycles. The highest BCUT2D eigenvalue weighted by Crippen LogP contribution is 2.29. The Morgan fingerprint density at radius 1 is 1.00 bits per heavy atom. The van der Waals surface area contributed by atoms with Crippen molar-refractivity contribution in [1.82, 2.24) is 10.3 Å². The molecule has 0 bridgehead atoms. The van der Waals surface area contributed by atoms with Gasteiger partial charge in [0, 0.05) is 11.8 Å². The van der Waals surface area contributed by atoms with Crippen LogP contribution >= 0.6 is 0 Å². The van der Waals surface area contributed by atoms with E-state index in [1.165, 1.54) is 0 Å². The summed E-state index contributed by atoms with van der Waals surface area (Å²) >= 11 is 0. The Bertz CT molecular complexity index is 853. The van der Waals surface area contributed by atoms with Crippen LogP contribution in [0.3, 0.4) is 0 Å². The van der Waals surface area contributed by atoms with Crippen LogP contribution in [0, 0.1) is 0 Å². The first-order chi connectivity index (χ1) is 12.7. The van der Waals surface area contributed by atoms with E-state index in [9.17, 15) is 9.90 Å². The first-order valence-electron chi connectivity index (χ1n) is 8.28. The van der Waals surface area contributed by atoms with Gasteiger partial charge >= 0.3 is 0 Å². The van der Waals surface area contributed by atoms with Crippen LogP contribution in [0.5, 0.6) is 5.75 Å². The minimum Gasteiger partial charge on any atom is -0.496 e. The molecule has 5 nitrogen and oxygen atoms in total. The average molecular weight is 348 g/mol. The summed E-state index contributed by atoms with van der Waals surface area (Å²) in [6.07, 6.45) is 0.398. The molecule has 2 aromatic carbocycles.